The van der Waals surface area contributed by atoms with E-state index >= 15 is 0 Å². The molecule has 4 rings (SSSR count). The lowest BCUT2D eigenvalue weighted by Gasteiger charge is -2.28. The second kappa shape index (κ2) is 8.17. The summed E-state index contributed by atoms with van der Waals surface area (Å²) >= 11 is 0. The standard InChI is InChI=1S/C23H26N2O3/c1-3-27-15-24-21-12-8-6-10-19(21)23-18(13-14-22(24)26)17-9-5-7-11-20(17)25(23)16-28-4-2/h5-12H,3-4,13-16H2,1-2H3. The Morgan fingerprint density at radius 2 is 1.61 bits per heavy atom. The number of hydrogen-bond acceptors (Lipinski definition) is 3. The van der Waals surface area contributed by atoms with Crippen LogP contribution < -0.4 is 4.90 Å². The largest absolute Gasteiger partial charge is 0.361 e. The Bertz CT molecular complexity index is 993. The molecule has 0 radical (unpaired) electrons. The van der Waals surface area contributed by atoms with Gasteiger partial charge in [0.15, 0.2) is 0 Å². The van der Waals surface area contributed by atoms with Gasteiger partial charge in [-0.05, 0) is 38.0 Å². The van der Waals surface area contributed by atoms with Crippen LogP contribution in [0.25, 0.3) is 22.2 Å². The zero-order valence-electron chi connectivity index (χ0n) is 16.5. The Balaban J connectivity index is 1.97. The molecule has 0 bridgehead atoms. The molecule has 28 heavy (non-hydrogen) atoms. The number of benzene rings is 2. The van der Waals surface area contributed by atoms with Crippen molar-refractivity contribution in [2.45, 2.75) is 33.4 Å². The molecule has 0 unspecified atom stereocenters. The maximum atomic E-state index is 13.0. The molecule has 146 valence electrons. The third kappa shape index (κ3) is 3.21. The van der Waals surface area contributed by atoms with Gasteiger partial charge in [-0.15, -0.1) is 0 Å². The zero-order valence-corrected chi connectivity index (χ0v) is 16.5. The first-order valence-electron chi connectivity index (χ1n) is 9.91. The predicted molar refractivity (Wildman–Crippen MR) is 111 cm³/mol. The van der Waals surface area contributed by atoms with E-state index in [1.807, 2.05) is 32.0 Å². The van der Waals surface area contributed by atoms with E-state index in [0.717, 1.165) is 22.5 Å². The van der Waals surface area contributed by atoms with Gasteiger partial charge in [0.25, 0.3) is 0 Å². The van der Waals surface area contributed by atoms with Crippen molar-refractivity contribution >= 4 is 22.5 Å². The average molecular weight is 378 g/mol. The van der Waals surface area contributed by atoms with Crippen LogP contribution in [0.4, 0.5) is 5.69 Å². The SMILES string of the molecule is CCOCN1C(=O)CCc2c(n(COCC)c3ccccc23)-c2ccccc21. The smallest absolute Gasteiger partial charge is 0.229 e. The number of nitrogens with zero attached hydrogens (tertiary/aromatic N) is 2. The number of aromatic nitrogens is 1. The van der Waals surface area contributed by atoms with Gasteiger partial charge in [0.05, 0.1) is 16.9 Å². The molecular weight excluding hydrogens is 352 g/mol. The Morgan fingerprint density at radius 3 is 2.43 bits per heavy atom. The number of ether oxygens (including phenoxy) is 2. The summed E-state index contributed by atoms with van der Waals surface area (Å²) < 4.78 is 13.7. The summed E-state index contributed by atoms with van der Waals surface area (Å²) in [7, 11) is 0. The van der Waals surface area contributed by atoms with E-state index < -0.39 is 0 Å². The molecule has 0 aliphatic carbocycles. The molecular formula is C23H26N2O3. The highest BCUT2D eigenvalue weighted by Crippen LogP contribution is 2.41. The second-order valence-electron chi connectivity index (χ2n) is 6.86. The number of aryl methyl sites for hydroxylation is 1. The van der Waals surface area contributed by atoms with Gasteiger partial charge >= 0.3 is 0 Å². The number of amides is 1. The molecule has 2 heterocycles. The van der Waals surface area contributed by atoms with Crippen molar-refractivity contribution in [3.8, 4) is 11.3 Å². The maximum Gasteiger partial charge on any atom is 0.229 e. The Morgan fingerprint density at radius 1 is 0.893 bits per heavy atom. The summed E-state index contributed by atoms with van der Waals surface area (Å²) in [6.07, 6.45) is 1.15. The number of carbonyl (C=O) groups is 1. The Labute approximate surface area is 165 Å². The minimum absolute atomic E-state index is 0.0909. The molecule has 0 N–H and O–H groups in total. The Hall–Kier alpha value is -2.63. The Kier molecular flexibility index (Phi) is 5.46. The van der Waals surface area contributed by atoms with Crippen molar-refractivity contribution in [3.63, 3.8) is 0 Å². The van der Waals surface area contributed by atoms with E-state index in [9.17, 15) is 4.79 Å². The van der Waals surface area contributed by atoms with Crippen molar-refractivity contribution in [1.29, 1.82) is 0 Å². The average Bonchev–Trinajstić information content (AvgIpc) is 3.03. The first-order chi connectivity index (χ1) is 13.8. The molecule has 0 fully saturated rings. The number of anilines is 1. The van der Waals surface area contributed by atoms with Crippen LogP contribution in [0.2, 0.25) is 0 Å². The van der Waals surface area contributed by atoms with Gasteiger partial charge in [0.2, 0.25) is 5.91 Å². The third-order valence-electron chi connectivity index (χ3n) is 5.26. The topological polar surface area (TPSA) is 43.7 Å². The highest BCUT2D eigenvalue weighted by atomic mass is 16.5. The molecule has 0 atom stereocenters. The number of fused-ring (bicyclic) bond motifs is 5. The zero-order chi connectivity index (χ0) is 19.5. The van der Waals surface area contributed by atoms with E-state index in [1.165, 1.54) is 10.9 Å². The monoisotopic (exact) mass is 378 g/mol. The highest BCUT2D eigenvalue weighted by molar-refractivity contribution is 6.02. The van der Waals surface area contributed by atoms with Gasteiger partial charge in [0, 0.05) is 30.6 Å². The number of rotatable bonds is 6. The summed E-state index contributed by atoms with van der Waals surface area (Å²) in [6, 6.07) is 16.5. The quantitative estimate of drug-likeness (QED) is 0.631. The lowest BCUT2D eigenvalue weighted by Crippen LogP contribution is -2.34. The van der Waals surface area contributed by atoms with E-state index in [2.05, 4.69) is 34.9 Å². The van der Waals surface area contributed by atoms with Crippen LogP contribution in [0.5, 0.6) is 0 Å². The molecule has 5 nitrogen and oxygen atoms in total. The molecule has 1 aromatic heterocycles. The van der Waals surface area contributed by atoms with Crippen LogP contribution >= 0.6 is 0 Å². The summed E-state index contributed by atoms with van der Waals surface area (Å²) in [4.78, 5) is 14.7. The van der Waals surface area contributed by atoms with Crippen LogP contribution in [0.15, 0.2) is 48.5 Å². The van der Waals surface area contributed by atoms with Gasteiger partial charge in [-0.1, -0.05) is 36.4 Å². The van der Waals surface area contributed by atoms with Crippen molar-refractivity contribution in [1.82, 2.24) is 4.57 Å². The molecule has 1 aliphatic rings. The maximum absolute atomic E-state index is 13.0. The van der Waals surface area contributed by atoms with Gasteiger partial charge in [0.1, 0.15) is 13.5 Å². The summed E-state index contributed by atoms with van der Waals surface area (Å²) in [5.74, 6) is 0.0909. The molecule has 0 saturated carbocycles. The molecule has 2 aromatic carbocycles. The molecule has 1 aliphatic heterocycles. The normalized spacial score (nSPS) is 13.9. The van der Waals surface area contributed by atoms with Gasteiger partial charge in [-0.25, -0.2) is 0 Å². The van der Waals surface area contributed by atoms with Gasteiger partial charge in [-0.3, -0.25) is 9.69 Å². The predicted octanol–water partition coefficient (Wildman–Crippen LogP) is 4.58. The lowest BCUT2D eigenvalue weighted by molar-refractivity contribution is -0.119. The van der Waals surface area contributed by atoms with Crippen LogP contribution in [-0.2, 0) is 27.4 Å². The lowest BCUT2D eigenvalue weighted by atomic mass is 9.97. The fourth-order valence-corrected chi connectivity index (χ4v) is 3.99. The molecule has 0 saturated heterocycles. The molecule has 3 aromatic rings. The number of hydrogen-bond donors (Lipinski definition) is 0. The van der Waals surface area contributed by atoms with Crippen LogP contribution in [-0.4, -0.2) is 30.4 Å². The minimum Gasteiger partial charge on any atom is -0.361 e. The fraction of sp³-hybridized carbons (Fsp3) is 0.348. The van der Waals surface area contributed by atoms with E-state index in [0.29, 0.717) is 32.8 Å². The summed E-state index contributed by atoms with van der Waals surface area (Å²) in [5.41, 5.74) is 5.43. The number of para-hydroxylation sites is 2. The third-order valence-corrected chi connectivity index (χ3v) is 5.26. The first kappa shape index (κ1) is 18.7. The van der Waals surface area contributed by atoms with E-state index in [4.69, 9.17) is 9.47 Å². The fourth-order valence-electron chi connectivity index (χ4n) is 3.99. The van der Waals surface area contributed by atoms with Crippen molar-refractivity contribution in [2.24, 2.45) is 0 Å². The van der Waals surface area contributed by atoms with Crippen molar-refractivity contribution < 1.29 is 14.3 Å². The van der Waals surface area contributed by atoms with Gasteiger partial charge < -0.3 is 14.0 Å². The number of carbonyl (C=O) groups excluding carboxylic acids is 1. The second-order valence-corrected chi connectivity index (χ2v) is 6.86. The highest BCUT2D eigenvalue weighted by Gasteiger charge is 2.28. The molecule has 1 amide bonds. The molecule has 0 spiro atoms. The van der Waals surface area contributed by atoms with E-state index in [-0.39, 0.29) is 12.6 Å². The summed E-state index contributed by atoms with van der Waals surface area (Å²) in [6.45, 7) is 5.93. The van der Waals surface area contributed by atoms with Crippen molar-refractivity contribution in [3.05, 3.63) is 54.1 Å². The van der Waals surface area contributed by atoms with Gasteiger partial charge in [-0.2, -0.15) is 0 Å². The minimum atomic E-state index is 0.0909. The van der Waals surface area contributed by atoms with Crippen molar-refractivity contribution in [2.75, 3.05) is 24.8 Å². The summed E-state index contributed by atoms with van der Waals surface area (Å²) in [5, 5.41) is 1.19. The van der Waals surface area contributed by atoms with Crippen LogP contribution in [0.1, 0.15) is 25.8 Å². The first-order valence-corrected chi connectivity index (χ1v) is 9.91. The van der Waals surface area contributed by atoms with Crippen LogP contribution in [0, 0.1) is 0 Å². The van der Waals surface area contributed by atoms with E-state index in [1.54, 1.807) is 4.90 Å². The molecule has 5 heteroatoms. The van der Waals surface area contributed by atoms with Crippen LogP contribution in [0.3, 0.4) is 0 Å².